The number of hydrogen-bond acceptors (Lipinski definition) is 6. The van der Waals surface area contributed by atoms with Crippen LogP contribution in [-0.4, -0.2) is 48.1 Å². The second-order valence-electron chi connectivity index (χ2n) is 7.86. The number of hydrogen-bond donors (Lipinski definition) is 2. The first-order valence-corrected chi connectivity index (χ1v) is 11.0. The van der Waals surface area contributed by atoms with E-state index in [9.17, 15) is 14.7 Å². The summed E-state index contributed by atoms with van der Waals surface area (Å²) < 4.78 is 5.35. The molecule has 2 N–H and O–H groups in total. The Balaban J connectivity index is 1.52. The average Bonchev–Trinajstić information content (AvgIpc) is 2.84. The number of carbonyl (C=O) groups is 2. The summed E-state index contributed by atoms with van der Waals surface area (Å²) in [5, 5.41) is 13.6. The predicted octanol–water partition coefficient (Wildman–Crippen LogP) is 5.02. The molecule has 0 saturated carbocycles. The minimum absolute atomic E-state index is 0.0615. The number of nitrogens with one attached hydrogen (secondary N) is 1. The largest absolute Gasteiger partial charge is 0.478 e. The van der Waals surface area contributed by atoms with Crippen LogP contribution in [0.1, 0.15) is 39.3 Å². The van der Waals surface area contributed by atoms with Crippen molar-refractivity contribution in [3.05, 3.63) is 82.6 Å². The number of carboxylic acids is 1. The van der Waals surface area contributed by atoms with Crippen molar-refractivity contribution in [3.8, 4) is 0 Å². The van der Waals surface area contributed by atoms with Crippen LogP contribution in [0.4, 0.5) is 17.1 Å². The Bertz CT molecular complexity index is 1140. The summed E-state index contributed by atoms with van der Waals surface area (Å²) in [5.74, 6) is -1.43. The molecule has 0 amide bonds. The number of halogens is 1. The zero-order valence-electron chi connectivity index (χ0n) is 18.1. The number of ketones is 1. The molecule has 33 heavy (non-hydrogen) atoms. The van der Waals surface area contributed by atoms with Crippen molar-refractivity contribution in [1.29, 1.82) is 0 Å². The lowest BCUT2D eigenvalue weighted by Gasteiger charge is -2.25. The van der Waals surface area contributed by atoms with E-state index in [1.807, 2.05) is 24.1 Å². The second-order valence-corrected chi connectivity index (χ2v) is 8.30. The molecule has 1 aliphatic rings. The molecule has 0 atom stereocenters. The molecule has 1 aromatic heterocycles. The number of carboxylic acid groups (broad SMARTS) is 1. The molecule has 0 radical (unpaired) electrons. The van der Waals surface area contributed by atoms with Gasteiger partial charge < -0.3 is 20.1 Å². The van der Waals surface area contributed by atoms with Crippen LogP contribution in [0.3, 0.4) is 0 Å². The van der Waals surface area contributed by atoms with Gasteiger partial charge in [0.15, 0.2) is 0 Å². The Labute approximate surface area is 197 Å². The molecule has 0 aliphatic carbocycles. The summed E-state index contributed by atoms with van der Waals surface area (Å²) in [6.07, 6.45) is 3.22. The van der Waals surface area contributed by atoms with Gasteiger partial charge in [-0.3, -0.25) is 9.78 Å². The molecule has 1 aliphatic heterocycles. The molecule has 170 valence electrons. The molecule has 8 heteroatoms. The molecule has 7 nitrogen and oxygen atoms in total. The van der Waals surface area contributed by atoms with Crippen LogP contribution in [-0.2, 0) is 4.74 Å². The van der Waals surface area contributed by atoms with Gasteiger partial charge in [-0.25, -0.2) is 4.79 Å². The first-order valence-electron chi connectivity index (χ1n) is 10.6. The maximum atomic E-state index is 13.0. The Kier molecular flexibility index (Phi) is 6.91. The summed E-state index contributed by atoms with van der Waals surface area (Å²) in [5.41, 5.74) is 2.81. The van der Waals surface area contributed by atoms with Gasteiger partial charge in [0.05, 0.1) is 17.4 Å². The van der Waals surface area contributed by atoms with Gasteiger partial charge in [-0.1, -0.05) is 11.6 Å². The Hall–Kier alpha value is -3.42. The zero-order valence-corrected chi connectivity index (χ0v) is 18.9. The molecule has 2 heterocycles. The highest BCUT2D eigenvalue weighted by Crippen LogP contribution is 2.26. The maximum absolute atomic E-state index is 13.0. The molecular formula is C25H24ClN3O4. The number of ether oxygens (including phenoxy) is 1. The summed E-state index contributed by atoms with van der Waals surface area (Å²) >= 11 is 5.95. The van der Waals surface area contributed by atoms with E-state index in [2.05, 4.69) is 10.3 Å². The SMILES string of the molecule is CN(c1ccc(Cl)cc1)c1ccc(C(=O)c2ccc(NC3CCOCC3)c(C(=O)O)c2)nc1. The lowest BCUT2D eigenvalue weighted by atomic mass is 10.0. The van der Waals surface area contributed by atoms with Gasteiger partial charge in [0, 0.05) is 48.3 Å². The lowest BCUT2D eigenvalue weighted by Crippen LogP contribution is -2.28. The van der Waals surface area contributed by atoms with Crippen LogP contribution >= 0.6 is 11.6 Å². The van der Waals surface area contributed by atoms with Crippen molar-refractivity contribution >= 4 is 40.4 Å². The molecule has 1 fully saturated rings. The maximum Gasteiger partial charge on any atom is 0.337 e. The molecular weight excluding hydrogens is 442 g/mol. The fourth-order valence-electron chi connectivity index (χ4n) is 3.73. The molecule has 4 rings (SSSR count). The van der Waals surface area contributed by atoms with Crippen molar-refractivity contribution in [2.75, 3.05) is 30.5 Å². The smallest absolute Gasteiger partial charge is 0.337 e. The summed E-state index contributed by atoms with van der Waals surface area (Å²) in [6.45, 7) is 1.29. The van der Waals surface area contributed by atoms with E-state index in [1.165, 1.54) is 6.07 Å². The number of anilines is 3. The Morgan fingerprint density at radius 2 is 1.76 bits per heavy atom. The topological polar surface area (TPSA) is 91.8 Å². The van der Waals surface area contributed by atoms with E-state index < -0.39 is 5.97 Å². The third kappa shape index (κ3) is 5.32. The standard InChI is InChI=1S/C25H24ClN3O4/c1-29(19-5-3-17(26)4-6-19)20-7-9-23(27-15-20)24(30)16-2-8-22(21(14-16)25(31)32)28-18-10-12-33-13-11-18/h2-9,14-15,18,28H,10-13H2,1H3,(H,31,32). The van der Waals surface area contributed by atoms with Crippen LogP contribution < -0.4 is 10.2 Å². The van der Waals surface area contributed by atoms with Crippen molar-refractivity contribution in [2.45, 2.75) is 18.9 Å². The van der Waals surface area contributed by atoms with Crippen molar-refractivity contribution < 1.29 is 19.4 Å². The number of aromatic carboxylic acids is 1. The third-order valence-electron chi connectivity index (χ3n) is 5.67. The minimum atomic E-state index is -1.09. The van der Waals surface area contributed by atoms with Crippen molar-refractivity contribution in [2.24, 2.45) is 0 Å². The first kappa shape index (κ1) is 22.8. The van der Waals surface area contributed by atoms with Gasteiger partial charge in [-0.05, 0) is 67.4 Å². The fourth-order valence-corrected chi connectivity index (χ4v) is 3.86. The monoisotopic (exact) mass is 465 g/mol. The zero-order chi connectivity index (χ0) is 23.4. The lowest BCUT2D eigenvalue weighted by molar-refractivity contribution is 0.0697. The highest BCUT2D eigenvalue weighted by atomic mass is 35.5. The molecule has 0 bridgehead atoms. The average molecular weight is 466 g/mol. The van der Waals surface area contributed by atoms with Gasteiger partial charge in [0.25, 0.3) is 0 Å². The summed E-state index contributed by atoms with van der Waals surface area (Å²) in [6, 6.07) is 15.7. The van der Waals surface area contributed by atoms with Crippen molar-refractivity contribution in [3.63, 3.8) is 0 Å². The predicted molar refractivity (Wildman–Crippen MR) is 128 cm³/mol. The van der Waals surface area contributed by atoms with E-state index in [1.54, 1.807) is 42.6 Å². The van der Waals surface area contributed by atoms with Gasteiger partial charge in [0.2, 0.25) is 5.78 Å². The quantitative estimate of drug-likeness (QED) is 0.473. The van der Waals surface area contributed by atoms with E-state index in [0.29, 0.717) is 23.9 Å². The van der Waals surface area contributed by atoms with Crippen LogP contribution in [0, 0.1) is 0 Å². The number of pyridine rings is 1. The van der Waals surface area contributed by atoms with Crippen LogP contribution in [0.2, 0.25) is 5.02 Å². The van der Waals surface area contributed by atoms with E-state index in [-0.39, 0.29) is 28.6 Å². The normalized spacial score (nSPS) is 14.0. The first-order chi connectivity index (χ1) is 15.9. The van der Waals surface area contributed by atoms with Crippen LogP contribution in [0.15, 0.2) is 60.8 Å². The van der Waals surface area contributed by atoms with E-state index in [0.717, 1.165) is 24.2 Å². The van der Waals surface area contributed by atoms with Gasteiger partial charge >= 0.3 is 5.97 Å². The summed E-state index contributed by atoms with van der Waals surface area (Å²) in [7, 11) is 1.89. The molecule has 0 unspecified atom stereocenters. The molecule has 1 saturated heterocycles. The second kappa shape index (κ2) is 10.0. The number of nitrogens with zero attached hydrogens (tertiary/aromatic N) is 2. The molecule has 2 aromatic carbocycles. The minimum Gasteiger partial charge on any atom is -0.478 e. The summed E-state index contributed by atoms with van der Waals surface area (Å²) in [4.78, 5) is 31.1. The molecule has 3 aromatic rings. The molecule has 0 spiro atoms. The van der Waals surface area contributed by atoms with Crippen molar-refractivity contribution in [1.82, 2.24) is 4.98 Å². The van der Waals surface area contributed by atoms with Gasteiger partial charge in [0.1, 0.15) is 5.69 Å². The Morgan fingerprint density at radius 3 is 2.39 bits per heavy atom. The number of rotatable bonds is 7. The number of aromatic nitrogens is 1. The number of benzene rings is 2. The highest BCUT2D eigenvalue weighted by Gasteiger charge is 2.20. The Morgan fingerprint density at radius 1 is 1.06 bits per heavy atom. The van der Waals surface area contributed by atoms with E-state index in [4.69, 9.17) is 16.3 Å². The fraction of sp³-hybridized carbons (Fsp3) is 0.240. The van der Waals surface area contributed by atoms with Gasteiger partial charge in [-0.15, -0.1) is 0 Å². The van der Waals surface area contributed by atoms with Crippen LogP contribution in [0.5, 0.6) is 0 Å². The van der Waals surface area contributed by atoms with Crippen LogP contribution in [0.25, 0.3) is 0 Å². The number of carbonyl (C=O) groups excluding carboxylic acids is 1. The highest BCUT2D eigenvalue weighted by molar-refractivity contribution is 6.30. The van der Waals surface area contributed by atoms with Gasteiger partial charge in [-0.2, -0.15) is 0 Å². The third-order valence-corrected chi connectivity index (χ3v) is 5.93. The van der Waals surface area contributed by atoms with E-state index >= 15 is 0 Å².